The van der Waals surface area contributed by atoms with Crippen molar-refractivity contribution in [3.8, 4) is 0 Å². The van der Waals surface area contributed by atoms with Crippen LogP contribution in [-0.4, -0.2) is 36.0 Å². The maximum atomic E-state index is 5.97. The van der Waals surface area contributed by atoms with E-state index in [1.165, 1.54) is 11.1 Å². The van der Waals surface area contributed by atoms with Gasteiger partial charge in [-0.1, -0.05) is 6.07 Å². The van der Waals surface area contributed by atoms with Crippen LogP contribution in [0.25, 0.3) is 0 Å². The lowest BCUT2D eigenvalue weighted by atomic mass is 10.1. The third-order valence-electron chi connectivity index (χ3n) is 3.68. The van der Waals surface area contributed by atoms with Gasteiger partial charge in [-0.3, -0.25) is 9.89 Å². The third-order valence-corrected chi connectivity index (χ3v) is 3.68. The first-order valence-corrected chi connectivity index (χ1v) is 8.20. The van der Waals surface area contributed by atoms with Gasteiger partial charge in [0.1, 0.15) is 0 Å². The number of nitrogens with zero attached hydrogens (tertiary/aromatic N) is 2. The van der Waals surface area contributed by atoms with Crippen LogP contribution in [0, 0.1) is 13.8 Å². The molecule has 3 N–H and O–H groups in total. The van der Waals surface area contributed by atoms with Gasteiger partial charge in [0.05, 0.1) is 0 Å². The van der Waals surface area contributed by atoms with Gasteiger partial charge in [-0.2, -0.15) is 0 Å². The maximum Gasteiger partial charge on any atom is 0.193 e. The van der Waals surface area contributed by atoms with Crippen LogP contribution in [0.5, 0.6) is 0 Å². The summed E-state index contributed by atoms with van der Waals surface area (Å²) in [5.41, 5.74) is 9.42. The Morgan fingerprint density at radius 2 is 1.61 bits per heavy atom. The molecule has 0 saturated heterocycles. The van der Waals surface area contributed by atoms with E-state index in [2.05, 4.69) is 75.0 Å². The molecule has 0 fully saturated rings. The van der Waals surface area contributed by atoms with Crippen LogP contribution in [-0.2, 0) is 0 Å². The molecule has 0 unspecified atom stereocenters. The van der Waals surface area contributed by atoms with Gasteiger partial charge in [0.15, 0.2) is 5.96 Å². The molecule has 0 aliphatic carbocycles. The maximum absolute atomic E-state index is 5.97. The molecule has 0 aliphatic heterocycles. The fourth-order valence-electron chi connectivity index (χ4n) is 2.80. The van der Waals surface area contributed by atoms with Gasteiger partial charge in [-0.25, -0.2) is 0 Å². The highest BCUT2D eigenvalue weighted by molar-refractivity contribution is 14.0. The Hall–Kier alpha value is -0.820. The second kappa shape index (κ2) is 10.9. The lowest BCUT2D eigenvalue weighted by molar-refractivity contribution is 0.174. The molecule has 0 atom stereocenters. The van der Waals surface area contributed by atoms with Crippen molar-refractivity contribution in [1.82, 2.24) is 4.90 Å². The normalized spacial score (nSPS) is 12.0. The molecule has 0 saturated carbocycles. The zero-order valence-electron chi connectivity index (χ0n) is 15.4. The van der Waals surface area contributed by atoms with Crippen molar-refractivity contribution in [2.45, 2.75) is 60.0 Å². The summed E-state index contributed by atoms with van der Waals surface area (Å²) in [5.74, 6) is 0.491. The summed E-state index contributed by atoms with van der Waals surface area (Å²) in [6.45, 7) is 14.9. The number of benzene rings is 1. The largest absolute Gasteiger partial charge is 0.370 e. The Labute approximate surface area is 158 Å². The molecule has 23 heavy (non-hydrogen) atoms. The highest BCUT2D eigenvalue weighted by Gasteiger charge is 2.11. The van der Waals surface area contributed by atoms with Crippen molar-refractivity contribution >= 4 is 35.6 Å². The van der Waals surface area contributed by atoms with Crippen LogP contribution < -0.4 is 11.1 Å². The molecule has 0 heterocycles. The number of hydrogen-bond donors (Lipinski definition) is 2. The van der Waals surface area contributed by atoms with Gasteiger partial charge in [-0.05, 0) is 71.2 Å². The smallest absolute Gasteiger partial charge is 0.193 e. The van der Waals surface area contributed by atoms with E-state index < -0.39 is 0 Å². The molecule has 0 amide bonds. The number of hydrogen-bond acceptors (Lipinski definition) is 2. The second-order valence-corrected chi connectivity index (χ2v) is 6.55. The van der Waals surface area contributed by atoms with Crippen LogP contribution in [0.2, 0.25) is 0 Å². The minimum Gasteiger partial charge on any atom is -0.370 e. The Balaban J connectivity index is 0.00000484. The lowest BCUT2D eigenvalue weighted by Crippen LogP contribution is -2.38. The van der Waals surface area contributed by atoms with Crippen molar-refractivity contribution < 1.29 is 0 Å². The van der Waals surface area contributed by atoms with Crippen LogP contribution in [0.4, 0.5) is 5.69 Å². The fourth-order valence-corrected chi connectivity index (χ4v) is 2.80. The molecule has 5 heteroatoms. The van der Waals surface area contributed by atoms with Crippen molar-refractivity contribution in [1.29, 1.82) is 0 Å². The number of anilines is 1. The standard InChI is InChI=1S/C18H32N4.HI/c1-13(2)22(14(3)4)9-7-8-20-18(19)21-17-11-15(5)10-16(6)12-17;/h10-14H,7-9H2,1-6H3,(H3,19,20,21);1H. The monoisotopic (exact) mass is 432 g/mol. The molecule has 132 valence electrons. The number of guanidine groups is 1. The molecule has 1 aromatic rings. The Bertz CT molecular complexity index is 470. The Morgan fingerprint density at radius 1 is 1.09 bits per heavy atom. The number of halogens is 1. The number of nitrogens with one attached hydrogen (secondary N) is 1. The van der Waals surface area contributed by atoms with Crippen molar-refractivity contribution in [3.63, 3.8) is 0 Å². The zero-order chi connectivity index (χ0) is 16.7. The summed E-state index contributed by atoms with van der Waals surface area (Å²) in [5, 5.41) is 3.17. The molecule has 1 aromatic carbocycles. The molecule has 0 aliphatic rings. The fraction of sp³-hybridized carbons (Fsp3) is 0.611. The summed E-state index contributed by atoms with van der Waals surface area (Å²) >= 11 is 0. The zero-order valence-corrected chi connectivity index (χ0v) is 17.7. The predicted octanol–water partition coefficient (Wildman–Crippen LogP) is 4.16. The average molecular weight is 432 g/mol. The van der Waals surface area contributed by atoms with E-state index in [1.54, 1.807) is 0 Å². The quantitative estimate of drug-likeness (QED) is 0.295. The van der Waals surface area contributed by atoms with E-state index in [4.69, 9.17) is 5.73 Å². The van der Waals surface area contributed by atoms with Crippen LogP contribution >= 0.6 is 24.0 Å². The Kier molecular flexibility index (Phi) is 10.5. The molecular weight excluding hydrogens is 399 g/mol. The molecule has 0 aromatic heterocycles. The molecule has 4 nitrogen and oxygen atoms in total. The minimum absolute atomic E-state index is 0. The van der Waals surface area contributed by atoms with Crippen LogP contribution in [0.15, 0.2) is 23.2 Å². The number of aryl methyl sites for hydroxylation is 2. The predicted molar refractivity (Wildman–Crippen MR) is 113 cm³/mol. The Morgan fingerprint density at radius 3 is 2.09 bits per heavy atom. The first-order valence-electron chi connectivity index (χ1n) is 8.20. The van der Waals surface area contributed by atoms with Crippen LogP contribution in [0.3, 0.4) is 0 Å². The highest BCUT2D eigenvalue weighted by Crippen LogP contribution is 2.13. The van der Waals surface area contributed by atoms with E-state index in [0.29, 0.717) is 18.0 Å². The summed E-state index contributed by atoms with van der Waals surface area (Å²) in [6.07, 6.45) is 1.02. The summed E-state index contributed by atoms with van der Waals surface area (Å²) < 4.78 is 0. The summed E-state index contributed by atoms with van der Waals surface area (Å²) in [4.78, 5) is 6.90. The number of aliphatic imine (C=N–C) groups is 1. The number of nitrogens with two attached hydrogens (primary N) is 1. The van der Waals surface area contributed by atoms with Gasteiger partial charge < -0.3 is 11.1 Å². The van der Waals surface area contributed by atoms with E-state index in [-0.39, 0.29) is 24.0 Å². The molecular formula is C18H33IN4. The van der Waals surface area contributed by atoms with Gasteiger partial charge in [0, 0.05) is 30.9 Å². The van der Waals surface area contributed by atoms with Gasteiger partial charge in [0.2, 0.25) is 0 Å². The van der Waals surface area contributed by atoms with E-state index in [0.717, 1.165) is 25.2 Å². The van der Waals surface area contributed by atoms with Crippen LogP contribution in [0.1, 0.15) is 45.2 Å². The lowest BCUT2D eigenvalue weighted by Gasteiger charge is -2.30. The van der Waals surface area contributed by atoms with Crippen molar-refractivity contribution in [2.75, 3.05) is 18.4 Å². The SMILES string of the molecule is Cc1cc(C)cc(NC(N)=NCCCN(C(C)C)C(C)C)c1.I. The molecule has 0 bridgehead atoms. The minimum atomic E-state index is 0. The highest BCUT2D eigenvalue weighted by atomic mass is 127. The van der Waals surface area contributed by atoms with Gasteiger partial charge in [-0.15, -0.1) is 24.0 Å². The summed E-state index contributed by atoms with van der Waals surface area (Å²) in [7, 11) is 0. The van der Waals surface area contributed by atoms with Gasteiger partial charge in [0.25, 0.3) is 0 Å². The first kappa shape index (κ1) is 22.2. The topological polar surface area (TPSA) is 53.6 Å². The second-order valence-electron chi connectivity index (χ2n) is 6.55. The summed E-state index contributed by atoms with van der Waals surface area (Å²) in [6, 6.07) is 7.43. The molecule has 0 spiro atoms. The van der Waals surface area contributed by atoms with Crippen molar-refractivity contribution in [2.24, 2.45) is 10.7 Å². The van der Waals surface area contributed by atoms with E-state index in [9.17, 15) is 0 Å². The van der Waals surface area contributed by atoms with E-state index >= 15 is 0 Å². The molecule has 0 radical (unpaired) electrons. The first-order chi connectivity index (χ1) is 10.3. The van der Waals surface area contributed by atoms with E-state index in [1.807, 2.05) is 0 Å². The average Bonchev–Trinajstić information content (AvgIpc) is 2.35. The number of rotatable bonds is 7. The van der Waals surface area contributed by atoms with Gasteiger partial charge >= 0.3 is 0 Å². The third kappa shape index (κ3) is 8.55. The molecule has 1 rings (SSSR count). The van der Waals surface area contributed by atoms with Crippen molar-refractivity contribution in [3.05, 3.63) is 29.3 Å².